The van der Waals surface area contributed by atoms with E-state index in [2.05, 4.69) is 0 Å². The number of benzene rings is 3. The van der Waals surface area contributed by atoms with Crippen molar-refractivity contribution in [3.63, 3.8) is 0 Å². The van der Waals surface area contributed by atoms with Gasteiger partial charge < -0.3 is 15.5 Å². The maximum Gasteiger partial charge on any atom is 0.250 e. The number of carbonyl (C=O) groups is 3. The maximum atomic E-state index is 14.2. The van der Waals surface area contributed by atoms with Gasteiger partial charge >= 0.3 is 0 Å². The van der Waals surface area contributed by atoms with E-state index in [1.165, 1.54) is 6.08 Å². The van der Waals surface area contributed by atoms with Gasteiger partial charge in [0.15, 0.2) is 0 Å². The largest absolute Gasteiger partial charge is 0.368 e. The van der Waals surface area contributed by atoms with Gasteiger partial charge in [-0.25, -0.2) is 0 Å². The highest BCUT2D eigenvalue weighted by atomic mass is 35.5. The quantitative estimate of drug-likeness (QED) is 0.497. The van der Waals surface area contributed by atoms with Crippen molar-refractivity contribution in [3.8, 4) is 0 Å². The molecule has 3 aromatic rings. The molecule has 1 heterocycles. The molecule has 7 heteroatoms. The number of halogens is 1. The van der Waals surface area contributed by atoms with Gasteiger partial charge in [-0.1, -0.05) is 72.3 Å². The Balaban J connectivity index is 1.78. The van der Waals surface area contributed by atoms with E-state index in [4.69, 9.17) is 17.3 Å². The molecule has 0 saturated carbocycles. The molecule has 3 amide bonds. The van der Waals surface area contributed by atoms with E-state index < -0.39 is 18.0 Å². The Morgan fingerprint density at radius 2 is 1.83 bits per heavy atom. The summed E-state index contributed by atoms with van der Waals surface area (Å²) >= 11 is 6.27. The molecule has 0 spiro atoms. The number of primary amides is 1. The molecular weight excluding hydrogens is 474 g/mol. The van der Waals surface area contributed by atoms with Gasteiger partial charge in [0, 0.05) is 24.0 Å². The smallest absolute Gasteiger partial charge is 0.250 e. The lowest BCUT2D eigenvalue weighted by Crippen LogP contribution is -2.52. The molecule has 3 aromatic carbocycles. The third-order valence-electron chi connectivity index (χ3n) is 6.78. The average Bonchev–Trinajstić information content (AvgIpc) is 2.98. The second-order valence-electron chi connectivity index (χ2n) is 9.13. The van der Waals surface area contributed by atoms with Gasteiger partial charge in [-0.05, 0) is 60.4 Å². The summed E-state index contributed by atoms with van der Waals surface area (Å²) in [6, 6.07) is 18.7. The van der Waals surface area contributed by atoms with Crippen LogP contribution in [0.25, 0.3) is 10.8 Å². The minimum absolute atomic E-state index is 0.252. The number of rotatable bonds is 6. The number of hydrogen-bond donors (Lipinski definition) is 1. The van der Waals surface area contributed by atoms with Crippen molar-refractivity contribution < 1.29 is 14.4 Å². The zero-order valence-electron chi connectivity index (χ0n) is 20.4. The van der Waals surface area contributed by atoms with Crippen LogP contribution in [0.4, 0.5) is 0 Å². The van der Waals surface area contributed by atoms with E-state index in [0.717, 1.165) is 16.3 Å². The summed E-state index contributed by atoms with van der Waals surface area (Å²) in [5.74, 6) is -1.19. The lowest BCUT2D eigenvalue weighted by Gasteiger charge is -2.35. The second kappa shape index (κ2) is 11.0. The van der Waals surface area contributed by atoms with Gasteiger partial charge in [-0.2, -0.15) is 0 Å². The Bertz CT molecular complexity index is 1320. The van der Waals surface area contributed by atoms with E-state index in [1.807, 2.05) is 49.4 Å². The third kappa shape index (κ3) is 5.14. The van der Waals surface area contributed by atoms with Gasteiger partial charge in [0.05, 0.1) is 0 Å². The lowest BCUT2D eigenvalue weighted by molar-refractivity contribution is -0.146. The van der Waals surface area contributed by atoms with Crippen molar-refractivity contribution in [1.82, 2.24) is 9.80 Å². The molecule has 1 aliphatic heterocycles. The van der Waals surface area contributed by atoms with E-state index in [1.54, 1.807) is 47.1 Å². The summed E-state index contributed by atoms with van der Waals surface area (Å²) < 4.78 is 0. The van der Waals surface area contributed by atoms with E-state index >= 15 is 0 Å². The molecule has 2 N–H and O–H groups in total. The predicted octanol–water partition coefficient (Wildman–Crippen LogP) is 4.66. The number of carbonyl (C=O) groups excluding carboxylic acids is 3. The topological polar surface area (TPSA) is 83.7 Å². The Hall–Kier alpha value is -3.64. The van der Waals surface area contributed by atoms with E-state index in [0.29, 0.717) is 23.6 Å². The molecule has 0 radical (unpaired) electrons. The van der Waals surface area contributed by atoms with Crippen molar-refractivity contribution >= 4 is 40.1 Å². The molecule has 186 valence electrons. The zero-order valence-corrected chi connectivity index (χ0v) is 21.2. The predicted molar refractivity (Wildman–Crippen MR) is 142 cm³/mol. The highest BCUT2D eigenvalue weighted by molar-refractivity contribution is 6.30. The van der Waals surface area contributed by atoms with Crippen LogP contribution in [0, 0.1) is 0 Å². The van der Waals surface area contributed by atoms with E-state index in [9.17, 15) is 14.4 Å². The first-order valence-corrected chi connectivity index (χ1v) is 12.5. The van der Waals surface area contributed by atoms with Crippen LogP contribution in [0.1, 0.15) is 37.4 Å². The number of amides is 3. The first-order chi connectivity index (χ1) is 17.3. The molecule has 0 bridgehead atoms. The fraction of sp³-hybridized carbons (Fsp3) is 0.276. The molecule has 4 rings (SSSR count). The summed E-state index contributed by atoms with van der Waals surface area (Å²) in [6.45, 7) is 3.98. The molecule has 6 nitrogen and oxygen atoms in total. The van der Waals surface area contributed by atoms with Crippen LogP contribution in [-0.2, 0) is 20.8 Å². The Labute approximate surface area is 216 Å². The number of fused-ring (bicyclic) bond motifs is 1. The highest BCUT2D eigenvalue weighted by Gasteiger charge is 2.42. The minimum atomic E-state index is -0.931. The molecule has 1 aliphatic rings. The Morgan fingerprint density at radius 1 is 1.11 bits per heavy atom. The highest BCUT2D eigenvalue weighted by Crippen LogP contribution is 2.33. The van der Waals surface area contributed by atoms with Crippen LogP contribution in [0.2, 0.25) is 5.02 Å². The monoisotopic (exact) mass is 503 g/mol. The number of nitrogens with zero attached hydrogens (tertiary/aromatic N) is 2. The van der Waals surface area contributed by atoms with Gasteiger partial charge in [0.25, 0.3) is 5.91 Å². The van der Waals surface area contributed by atoms with Crippen LogP contribution in [0.15, 0.2) is 78.9 Å². The summed E-state index contributed by atoms with van der Waals surface area (Å²) in [7, 11) is 0. The lowest BCUT2D eigenvalue weighted by atomic mass is 9.96. The third-order valence-corrected chi connectivity index (χ3v) is 7.02. The molecule has 1 saturated heterocycles. The van der Waals surface area contributed by atoms with Crippen LogP contribution in [0.5, 0.6) is 0 Å². The first kappa shape index (κ1) is 25.5. The van der Waals surface area contributed by atoms with Gasteiger partial charge in [-0.15, -0.1) is 0 Å². The standard InChI is InChI=1S/C29H30ClN3O3/c1-3-8-26(34)33-19(2)15-16-32(29(36)27(33)22-12-7-13-23(30)17-22)25(28(31)35)18-21-11-6-10-20-9-4-5-14-24(20)21/h3-14,17,19,25,27H,15-16,18H2,1-2H3,(H2,31,35). The zero-order chi connectivity index (χ0) is 25.8. The Kier molecular flexibility index (Phi) is 7.75. The molecular formula is C29H30ClN3O3. The van der Waals surface area contributed by atoms with Crippen molar-refractivity contribution in [3.05, 3.63) is 95.0 Å². The first-order valence-electron chi connectivity index (χ1n) is 12.1. The normalized spacial score (nSPS) is 19.5. The van der Waals surface area contributed by atoms with Crippen molar-refractivity contribution in [2.75, 3.05) is 6.54 Å². The summed E-state index contributed by atoms with van der Waals surface area (Å²) in [5.41, 5.74) is 7.44. The molecule has 0 aromatic heterocycles. The van der Waals surface area contributed by atoms with Crippen LogP contribution in [-0.4, -0.2) is 46.1 Å². The molecule has 3 atom stereocenters. The van der Waals surface area contributed by atoms with Crippen LogP contribution < -0.4 is 5.73 Å². The number of allylic oxidation sites excluding steroid dienone is 1. The Morgan fingerprint density at radius 3 is 2.56 bits per heavy atom. The number of nitrogens with two attached hydrogens (primary N) is 1. The van der Waals surface area contributed by atoms with Crippen molar-refractivity contribution in [2.45, 2.75) is 44.8 Å². The fourth-order valence-electron chi connectivity index (χ4n) is 5.01. The fourth-order valence-corrected chi connectivity index (χ4v) is 5.21. The second-order valence-corrected chi connectivity index (χ2v) is 9.57. The summed E-state index contributed by atoms with van der Waals surface area (Å²) in [4.78, 5) is 43.3. The molecule has 1 fully saturated rings. The van der Waals surface area contributed by atoms with Crippen LogP contribution in [0.3, 0.4) is 0 Å². The number of hydrogen-bond acceptors (Lipinski definition) is 3. The molecule has 3 unspecified atom stereocenters. The molecule has 0 aliphatic carbocycles. The van der Waals surface area contributed by atoms with Crippen LogP contribution >= 0.6 is 11.6 Å². The van der Waals surface area contributed by atoms with Crippen molar-refractivity contribution in [2.24, 2.45) is 5.73 Å². The SMILES string of the molecule is CC=CC(=O)N1C(C)CCN(C(Cc2cccc3ccccc23)C(N)=O)C(=O)C1c1cccc(Cl)c1. The van der Waals surface area contributed by atoms with Gasteiger partial charge in [-0.3, -0.25) is 14.4 Å². The van der Waals surface area contributed by atoms with E-state index in [-0.39, 0.29) is 24.3 Å². The maximum absolute atomic E-state index is 14.2. The average molecular weight is 504 g/mol. The van der Waals surface area contributed by atoms with Gasteiger partial charge in [0.1, 0.15) is 12.1 Å². The van der Waals surface area contributed by atoms with Crippen molar-refractivity contribution in [1.29, 1.82) is 0 Å². The van der Waals surface area contributed by atoms with Gasteiger partial charge in [0.2, 0.25) is 11.8 Å². The molecule has 36 heavy (non-hydrogen) atoms. The summed E-state index contributed by atoms with van der Waals surface area (Å²) in [6.07, 6.45) is 3.90. The summed E-state index contributed by atoms with van der Waals surface area (Å²) in [5, 5.41) is 2.52. The minimum Gasteiger partial charge on any atom is -0.368 e.